The molecule has 1 rings (SSSR count). The molecule has 0 spiro atoms. The number of aromatic nitrogens is 3. The zero-order valence-corrected chi connectivity index (χ0v) is 7.53. The second-order valence-electron chi connectivity index (χ2n) is 2.55. The number of nitrogens with two attached hydrogens (primary N) is 1. The highest BCUT2D eigenvalue weighted by Gasteiger charge is 2.09. The van der Waals surface area contributed by atoms with E-state index in [-0.39, 0.29) is 18.4 Å². The number of carbonyl (C=O) groups is 1. The molecule has 1 aromatic heterocycles. The number of rotatable bonds is 3. The molecule has 0 fully saturated rings. The molecular formula is C6H12N6O. The molecule has 7 heteroatoms. The summed E-state index contributed by atoms with van der Waals surface area (Å²) >= 11 is 0. The van der Waals surface area contributed by atoms with Crippen LogP contribution in [0, 0.1) is 0 Å². The molecule has 0 aliphatic carbocycles. The van der Waals surface area contributed by atoms with Gasteiger partial charge in [0.05, 0.1) is 6.54 Å². The predicted octanol–water partition coefficient (Wildman–Crippen LogP) is -1.43. The largest absolute Gasteiger partial charge is 0.368 e. The first kappa shape index (κ1) is 9.30. The standard InChI is InChI=1S/C6H12N6O/c1-8-4(13)3-12(2)6-9-5(7)10-11-6/h3H2,1-2H3,(H,8,13)(H3,7,9,10,11). The number of hydrogen-bond acceptors (Lipinski definition) is 5. The summed E-state index contributed by atoms with van der Waals surface area (Å²) in [6.45, 7) is 0.202. The minimum absolute atomic E-state index is 0.106. The van der Waals surface area contributed by atoms with Gasteiger partial charge in [0, 0.05) is 14.1 Å². The highest BCUT2D eigenvalue weighted by Crippen LogP contribution is 2.03. The number of nitrogens with zero attached hydrogens (tertiary/aromatic N) is 3. The Morgan fingerprint density at radius 2 is 2.46 bits per heavy atom. The minimum Gasteiger partial charge on any atom is -0.368 e. The fraction of sp³-hybridized carbons (Fsp3) is 0.500. The first-order valence-corrected chi connectivity index (χ1v) is 3.73. The lowest BCUT2D eigenvalue weighted by molar-refractivity contribution is -0.119. The minimum atomic E-state index is -0.106. The van der Waals surface area contributed by atoms with Gasteiger partial charge in [-0.25, -0.2) is 5.10 Å². The number of likely N-dealkylation sites (N-methyl/N-ethyl adjacent to an activating group) is 2. The van der Waals surface area contributed by atoms with Gasteiger partial charge in [0.2, 0.25) is 17.8 Å². The third-order valence-electron chi connectivity index (χ3n) is 1.49. The van der Waals surface area contributed by atoms with Crippen LogP contribution in [0.4, 0.5) is 11.9 Å². The maximum absolute atomic E-state index is 11.0. The van der Waals surface area contributed by atoms with Crippen molar-refractivity contribution in [3.63, 3.8) is 0 Å². The Morgan fingerprint density at radius 3 is 2.92 bits per heavy atom. The van der Waals surface area contributed by atoms with Crippen molar-refractivity contribution in [2.45, 2.75) is 0 Å². The summed E-state index contributed by atoms with van der Waals surface area (Å²) in [5.41, 5.74) is 5.32. The van der Waals surface area contributed by atoms with Gasteiger partial charge >= 0.3 is 0 Å². The van der Waals surface area contributed by atoms with Crippen LogP contribution in [0.2, 0.25) is 0 Å². The molecule has 1 amide bonds. The average molecular weight is 184 g/mol. The van der Waals surface area contributed by atoms with Gasteiger partial charge in [-0.05, 0) is 0 Å². The van der Waals surface area contributed by atoms with E-state index in [1.54, 1.807) is 19.0 Å². The Labute approximate surface area is 75.3 Å². The summed E-state index contributed by atoms with van der Waals surface area (Å²) in [5.74, 6) is 0.533. The highest BCUT2D eigenvalue weighted by molar-refractivity contribution is 5.80. The zero-order chi connectivity index (χ0) is 9.84. The van der Waals surface area contributed by atoms with Crippen molar-refractivity contribution in [2.75, 3.05) is 31.3 Å². The Hall–Kier alpha value is -1.79. The van der Waals surface area contributed by atoms with E-state index < -0.39 is 0 Å². The number of nitrogens with one attached hydrogen (secondary N) is 2. The number of aromatic amines is 1. The van der Waals surface area contributed by atoms with Crippen molar-refractivity contribution in [1.82, 2.24) is 20.5 Å². The van der Waals surface area contributed by atoms with E-state index in [1.165, 1.54) is 0 Å². The summed E-state index contributed by atoms with van der Waals surface area (Å²) in [6, 6.07) is 0. The van der Waals surface area contributed by atoms with Crippen LogP contribution in [0.25, 0.3) is 0 Å². The van der Waals surface area contributed by atoms with Crippen LogP contribution in [0.5, 0.6) is 0 Å². The highest BCUT2D eigenvalue weighted by atomic mass is 16.1. The monoisotopic (exact) mass is 184 g/mol. The molecule has 1 aromatic rings. The van der Waals surface area contributed by atoms with E-state index in [4.69, 9.17) is 5.73 Å². The predicted molar refractivity (Wildman–Crippen MR) is 48.1 cm³/mol. The molecule has 0 bridgehead atoms. The molecule has 0 aromatic carbocycles. The van der Waals surface area contributed by atoms with E-state index in [1.807, 2.05) is 0 Å². The van der Waals surface area contributed by atoms with E-state index in [0.717, 1.165) is 0 Å². The molecule has 0 saturated carbocycles. The van der Waals surface area contributed by atoms with Crippen molar-refractivity contribution in [1.29, 1.82) is 0 Å². The molecule has 0 saturated heterocycles. The molecule has 0 aliphatic rings. The van der Waals surface area contributed by atoms with Gasteiger partial charge in [0.1, 0.15) is 0 Å². The Morgan fingerprint density at radius 1 is 1.77 bits per heavy atom. The van der Waals surface area contributed by atoms with Crippen molar-refractivity contribution in [2.24, 2.45) is 0 Å². The quantitative estimate of drug-likeness (QED) is 0.534. The van der Waals surface area contributed by atoms with Crippen LogP contribution in [-0.2, 0) is 4.79 Å². The number of anilines is 2. The smallest absolute Gasteiger partial charge is 0.246 e. The van der Waals surface area contributed by atoms with Crippen molar-refractivity contribution >= 4 is 17.8 Å². The van der Waals surface area contributed by atoms with Gasteiger partial charge in [-0.3, -0.25) is 4.79 Å². The summed E-state index contributed by atoms with van der Waals surface area (Å²) in [6.07, 6.45) is 0. The second kappa shape index (κ2) is 3.74. The average Bonchev–Trinajstić information content (AvgIpc) is 2.51. The molecule has 0 unspecified atom stereocenters. The lowest BCUT2D eigenvalue weighted by Gasteiger charge is -2.12. The molecule has 0 aliphatic heterocycles. The summed E-state index contributed by atoms with van der Waals surface area (Å²) in [5, 5.41) is 8.77. The Balaban J connectivity index is 2.58. The fourth-order valence-corrected chi connectivity index (χ4v) is 0.801. The van der Waals surface area contributed by atoms with Gasteiger partial charge in [-0.2, -0.15) is 4.98 Å². The van der Waals surface area contributed by atoms with E-state index in [0.29, 0.717) is 5.95 Å². The van der Waals surface area contributed by atoms with Crippen molar-refractivity contribution in [3.8, 4) is 0 Å². The fourth-order valence-electron chi connectivity index (χ4n) is 0.801. The third-order valence-corrected chi connectivity index (χ3v) is 1.49. The van der Waals surface area contributed by atoms with E-state index >= 15 is 0 Å². The molecule has 4 N–H and O–H groups in total. The van der Waals surface area contributed by atoms with Crippen LogP contribution in [-0.4, -0.2) is 41.7 Å². The van der Waals surface area contributed by atoms with Gasteiger partial charge < -0.3 is 16.0 Å². The number of carbonyl (C=O) groups excluding carboxylic acids is 1. The number of nitrogen functional groups attached to an aromatic ring is 1. The lowest BCUT2D eigenvalue weighted by atomic mass is 10.5. The van der Waals surface area contributed by atoms with Crippen LogP contribution in [0.1, 0.15) is 0 Å². The summed E-state index contributed by atoms with van der Waals surface area (Å²) in [7, 11) is 3.28. The van der Waals surface area contributed by atoms with E-state index in [2.05, 4.69) is 20.5 Å². The Kier molecular flexibility index (Phi) is 2.68. The molecule has 0 atom stereocenters. The third kappa shape index (κ3) is 2.32. The number of H-pyrrole nitrogens is 1. The maximum Gasteiger partial charge on any atom is 0.246 e. The topological polar surface area (TPSA) is 99.9 Å². The molecule has 72 valence electrons. The summed E-state index contributed by atoms with van der Waals surface area (Å²) in [4.78, 5) is 16.4. The van der Waals surface area contributed by atoms with E-state index in [9.17, 15) is 4.79 Å². The van der Waals surface area contributed by atoms with Crippen LogP contribution >= 0.6 is 0 Å². The SMILES string of the molecule is CNC(=O)CN(C)c1n[nH]c(N)n1. The normalized spacial score (nSPS) is 9.69. The number of amides is 1. The molecule has 13 heavy (non-hydrogen) atoms. The van der Waals surface area contributed by atoms with Gasteiger partial charge in [0.25, 0.3) is 0 Å². The molecule has 7 nitrogen and oxygen atoms in total. The number of hydrogen-bond donors (Lipinski definition) is 3. The van der Waals surface area contributed by atoms with Gasteiger partial charge in [-0.15, -0.1) is 5.10 Å². The van der Waals surface area contributed by atoms with Crippen molar-refractivity contribution < 1.29 is 4.79 Å². The molecule has 1 heterocycles. The maximum atomic E-state index is 11.0. The first-order valence-electron chi connectivity index (χ1n) is 3.73. The first-order chi connectivity index (χ1) is 6.13. The lowest BCUT2D eigenvalue weighted by Crippen LogP contribution is -2.33. The van der Waals surface area contributed by atoms with Crippen LogP contribution < -0.4 is 16.0 Å². The van der Waals surface area contributed by atoms with Crippen molar-refractivity contribution in [3.05, 3.63) is 0 Å². The molecule has 0 radical (unpaired) electrons. The Bertz CT molecular complexity index is 295. The van der Waals surface area contributed by atoms with Gasteiger partial charge in [0.15, 0.2) is 0 Å². The van der Waals surface area contributed by atoms with Crippen LogP contribution in [0.15, 0.2) is 0 Å². The molecular weight excluding hydrogens is 172 g/mol. The van der Waals surface area contributed by atoms with Crippen LogP contribution in [0.3, 0.4) is 0 Å². The van der Waals surface area contributed by atoms with Gasteiger partial charge in [-0.1, -0.05) is 0 Å². The zero-order valence-electron chi connectivity index (χ0n) is 7.53. The summed E-state index contributed by atoms with van der Waals surface area (Å²) < 4.78 is 0. The second-order valence-corrected chi connectivity index (χ2v) is 2.55.